The first-order valence-corrected chi connectivity index (χ1v) is 12.3. The summed E-state index contributed by atoms with van der Waals surface area (Å²) >= 11 is 6.50. The minimum atomic E-state index is -0.282. The Balaban J connectivity index is 1.87. The van der Waals surface area contributed by atoms with E-state index < -0.39 is 0 Å². The number of allylic oxidation sites excluding steroid dienone is 1. The van der Waals surface area contributed by atoms with Crippen LogP contribution in [0.5, 0.6) is 40.2 Å². The van der Waals surface area contributed by atoms with Crippen molar-refractivity contribution in [2.24, 2.45) is 0 Å². The highest BCUT2D eigenvalue weighted by atomic mass is 35.5. The first kappa shape index (κ1) is 30.0. The molecule has 0 amide bonds. The Morgan fingerprint density at radius 3 is 1.52 bits per heavy atom. The van der Waals surface area contributed by atoms with Gasteiger partial charge in [0.05, 0.1) is 60.5 Å². The Kier molecular flexibility index (Phi) is 10.6. The molecule has 3 aromatic rings. The molecule has 0 aliphatic heterocycles. The summed E-state index contributed by atoms with van der Waals surface area (Å²) in [4.78, 5) is 12.9. The summed E-state index contributed by atoms with van der Waals surface area (Å²) < 4.78 is 37.7. The molecule has 9 nitrogen and oxygen atoms in total. The number of hydrogen-bond acceptors (Lipinski definition) is 9. The molecule has 10 heteroatoms. The molecule has 0 spiro atoms. The second-order valence-electron chi connectivity index (χ2n) is 8.13. The predicted molar refractivity (Wildman–Crippen MR) is 156 cm³/mol. The summed E-state index contributed by atoms with van der Waals surface area (Å²) in [7, 11) is 10.7. The van der Waals surface area contributed by atoms with Gasteiger partial charge in [-0.3, -0.25) is 4.79 Å². The van der Waals surface area contributed by atoms with Gasteiger partial charge in [0.2, 0.25) is 11.5 Å². The molecule has 0 saturated heterocycles. The number of halogens is 1. The van der Waals surface area contributed by atoms with E-state index in [1.807, 2.05) is 30.4 Å². The molecule has 0 aliphatic rings. The molecule has 0 atom stereocenters. The van der Waals surface area contributed by atoms with E-state index in [4.69, 9.17) is 44.8 Å². The van der Waals surface area contributed by atoms with Gasteiger partial charge in [-0.25, -0.2) is 0 Å². The lowest BCUT2D eigenvalue weighted by Gasteiger charge is -2.13. The monoisotopic (exact) mass is 569 g/mol. The Bertz CT molecular complexity index is 1370. The summed E-state index contributed by atoms with van der Waals surface area (Å²) in [6, 6.07) is 10.4. The highest BCUT2D eigenvalue weighted by Crippen LogP contribution is 2.40. The van der Waals surface area contributed by atoms with Gasteiger partial charge < -0.3 is 38.5 Å². The number of carbonyl (C=O) groups excluding carboxylic acids is 1. The van der Waals surface area contributed by atoms with Gasteiger partial charge in [0, 0.05) is 17.8 Å². The zero-order valence-corrected chi connectivity index (χ0v) is 24.2. The van der Waals surface area contributed by atoms with Gasteiger partial charge >= 0.3 is 0 Å². The minimum absolute atomic E-state index is 0.282. The normalized spacial score (nSPS) is 10.9. The number of hydrogen-bond donors (Lipinski definition) is 1. The molecule has 1 N–H and O–H groups in total. The Labute approximate surface area is 238 Å². The molecule has 212 valence electrons. The van der Waals surface area contributed by atoms with Gasteiger partial charge in [-0.1, -0.05) is 23.8 Å². The second-order valence-corrected chi connectivity index (χ2v) is 8.54. The van der Waals surface area contributed by atoms with Gasteiger partial charge in [0.1, 0.15) is 0 Å². The van der Waals surface area contributed by atoms with E-state index in [-0.39, 0.29) is 5.78 Å². The third-order valence-electron chi connectivity index (χ3n) is 5.85. The first-order valence-electron chi connectivity index (χ1n) is 12.0. The zero-order chi connectivity index (χ0) is 29.2. The topological polar surface area (TPSA) is 93.7 Å². The van der Waals surface area contributed by atoms with Gasteiger partial charge in [0.15, 0.2) is 34.5 Å². The van der Waals surface area contributed by atoms with Crippen molar-refractivity contribution in [2.45, 2.75) is 0 Å². The van der Waals surface area contributed by atoms with Gasteiger partial charge in [0.25, 0.3) is 0 Å². The lowest BCUT2D eigenvalue weighted by atomic mass is 10.1. The maximum atomic E-state index is 12.9. The molecule has 40 heavy (non-hydrogen) atoms. The van der Waals surface area contributed by atoms with Crippen LogP contribution in [-0.2, 0) is 0 Å². The Morgan fingerprint density at radius 1 is 0.625 bits per heavy atom. The lowest BCUT2D eigenvalue weighted by Crippen LogP contribution is -2.01. The average molecular weight is 570 g/mol. The van der Waals surface area contributed by atoms with E-state index >= 15 is 0 Å². The minimum Gasteiger partial charge on any atom is -0.493 e. The number of rotatable bonds is 13. The molecule has 0 bridgehead atoms. The molecule has 3 aromatic carbocycles. The Hall–Kier alpha value is -4.50. The highest BCUT2D eigenvalue weighted by Gasteiger charge is 2.16. The van der Waals surface area contributed by atoms with Crippen LogP contribution >= 0.6 is 11.6 Å². The smallest absolute Gasteiger partial charge is 0.203 e. The molecule has 0 unspecified atom stereocenters. The number of nitrogens with one attached hydrogen (secondary N) is 1. The number of carbonyl (C=O) groups is 1. The molecule has 0 aromatic heterocycles. The van der Waals surface area contributed by atoms with Crippen molar-refractivity contribution in [1.29, 1.82) is 0 Å². The molecule has 0 fully saturated rings. The largest absolute Gasteiger partial charge is 0.493 e. The lowest BCUT2D eigenvalue weighted by molar-refractivity contribution is 0.104. The van der Waals surface area contributed by atoms with Crippen LogP contribution in [0.2, 0.25) is 5.02 Å². The number of ether oxygens (including phenoxy) is 7. The summed E-state index contributed by atoms with van der Waals surface area (Å²) in [6.45, 7) is 0. The van der Waals surface area contributed by atoms with Crippen LogP contribution in [0, 0.1) is 0 Å². The summed E-state index contributed by atoms with van der Waals surface area (Å²) in [5.41, 5.74) is 2.53. The predicted octanol–water partition coefficient (Wildman–Crippen LogP) is 6.38. The van der Waals surface area contributed by atoms with Crippen molar-refractivity contribution < 1.29 is 38.0 Å². The number of benzene rings is 3. The standard InChI is InChI=1S/C30H32ClNO8/c1-34-24-14-19(15-25(35-2)29(24)39-6)9-8-18-12-21(31)28(38-5)22(13-18)32-11-10-23(33)20-16-26(36-3)30(40-7)27(17-20)37-4/h8-17,32H,1-7H3. The van der Waals surface area contributed by atoms with Crippen molar-refractivity contribution in [3.05, 3.63) is 70.4 Å². The summed E-state index contributed by atoms with van der Waals surface area (Å²) in [5, 5.41) is 3.48. The van der Waals surface area contributed by atoms with Crippen LogP contribution in [0.3, 0.4) is 0 Å². The van der Waals surface area contributed by atoms with Crippen LogP contribution in [0.1, 0.15) is 21.5 Å². The summed E-state index contributed by atoms with van der Waals surface area (Å²) in [6.07, 6.45) is 6.65. The number of anilines is 1. The van der Waals surface area contributed by atoms with Crippen LogP contribution in [0.15, 0.2) is 48.7 Å². The van der Waals surface area contributed by atoms with E-state index in [1.54, 1.807) is 39.5 Å². The van der Waals surface area contributed by atoms with Crippen molar-refractivity contribution >= 4 is 35.2 Å². The highest BCUT2D eigenvalue weighted by molar-refractivity contribution is 6.32. The molecule has 0 radical (unpaired) electrons. The number of ketones is 1. The maximum absolute atomic E-state index is 12.9. The molecular formula is C30H32ClNO8. The molecule has 0 saturated carbocycles. The second kappa shape index (κ2) is 14.0. The van der Waals surface area contributed by atoms with Crippen LogP contribution in [-0.4, -0.2) is 55.6 Å². The molecule has 0 aliphatic carbocycles. The SMILES string of the molecule is COc1cc(C=Cc2cc(Cl)c(OC)c(NC=CC(=O)c3cc(OC)c(OC)c(OC)c3)c2)cc(OC)c1OC. The van der Waals surface area contributed by atoms with Crippen molar-refractivity contribution in [2.75, 3.05) is 55.1 Å². The maximum Gasteiger partial charge on any atom is 0.203 e. The van der Waals surface area contributed by atoms with Crippen molar-refractivity contribution in [3.63, 3.8) is 0 Å². The van der Waals surface area contributed by atoms with E-state index in [0.29, 0.717) is 56.5 Å². The zero-order valence-electron chi connectivity index (χ0n) is 23.4. The van der Waals surface area contributed by atoms with E-state index in [1.165, 1.54) is 40.7 Å². The van der Waals surface area contributed by atoms with E-state index in [2.05, 4.69) is 5.32 Å². The van der Waals surface area contributed by atoms with Crippen LogP contribution < -0.4 is 38.5 Å². The van der Waals surface area contributed by atoms with Gasteiger partial charge in [-0.05, 0) is 47.5 Å². The van der Waals surface area contributed by atoms with Crippen molar-refractivity contribution in [1.82, 2.24) is 0 Å². The van der Waals surface area contributed by atoms with Gasteiger partial charge in [-0.15, -0.1) is 0 Å². The molecular weight excluding hydrogens is 538 g/mol. The fourth-order valence-electron chi connectivity index (χ4n) is 3.94. The average Bonchev–Trinajstić information content (AvgIpc) is 2.98. The third kappa shape index (κ3) is 6.73. The van der Waals surface area contributed by atoms with E-state index in [0.717, 1.165) is 11.1 Å². The quantitative estimate of drug-likeness (QED) is 0.143. The number of methoxy groups -OCH3 is 7. The molecule has 3 rings (SSSR count). The fourth-order valence-corrected chi connectivity index (χ4v) is 4.25. The fraction of sp³-hybridized carbons (Fsp3) is 0.233. The first-order chi connectivity index (χ1) is 19.3. The van der Waals surface area contributed by atoms with Gasteiger partial charge in [-0.2, -0.15) is 0 Å². The molecule has 0 heterocycles. The van der Waals surface area contributed by atoms with Crippen molar-refractivity contribution in [3.8, 4) is 40.2 Å². The van der Waals surface area contributed by atoms with E-state index in [9.17, 15) is 4.79 Å². The van der Waals surface area contributed by atoms with Crippen LogP contribution in [0.25, 0.3) is 12.2 Å². The third-order valence-corrected chi connectivity index (χ3v) is 6.13. The Morgan fingerprint density at radius 2 is 1.07 bits per heavy atom. The van der Waals surface area contributed by atoms with Crippen LogP contribution in [0.4, 0.5) is 5.69 Å². The summed E-state index contributed by atoms with van der Waals surface area (Å²) in [5.74, 6) is 2.90.